The number of guanidine groups is 1. The summed E-state index contributed by atoms with van der Waals surface area (Å²) < 4.78 is 0. The predicted molar refractivity (Wildman–Crippen MR) is 112 cm³/mol. The first-order valence-corrected chi connectivity index (χ1v) is 9.68. The number of carbonyl (C=O) groups excluding carboxylic acids is 3. The third kappa shape index (κ3) is 13.9. The molecule has 0 aromatic heterocycles. The molecule has 16 nitrogen and oxygen atoms in total. The van der Waals surface area contributed by atoms with E-state index in [1.54, 1.807) is 0 Å². The van der Waals surface area contributed by atoms with Gasteiger partial charge in [0.2, 0.25) is 17.7 Å². The Morgan fingerprint density at radius 2 is 1.48 bits per heavy atom. The normalized spacial score (nSPS) is 13.0. The van der Waals surface area contributed by atoms with Crippen LogP contribution < -0.4 is 33.2 Å². The lowest BCUT2D eigenvalue weighted by molar-refractivity contribution is -0.143. The zero-order valence-corrected chi connectivity index (χ0v) is 17.7. The maximum atomic E-state index is 12.5. The zero-order valence-electron chi connectivity index (χ0n) is 17.7. The van der Waals surface area contributed by atoms with E-state index < -0.39 is 73.1 Å². The van der Waals surface area contributed by atoms with Crippen molar-refractivity contribution in [1.29, 1.82) is 0 Å². The van der Waals surface area contributed by atoms with Gasteiger partial charge < -0.3 is 48.5 Å². The standard InChI is InChI=1S/C17H29N7O9/c18-8(6-13(28)29)14(30)22-7-11(25)23-9(2-1-5-21-17(19)20)15(31)24-10(16(32)33)3-4-12(26)27/h8-10H,1-7,18H2,(H,22,30)(H,23,25)(H,24,31)(H,26,27)(H,28,29)(H,32,33)(H4,19,20,21). The second-order valence-electron chi connectivity index (χ2n) is 6.82. The van der Waals surface area contributed by atoms with E-state index in [2.05, 4.69) is 20.9 Å². The lowest BCUT2D eigenvalue weighted by Gasteiger charge is -2.21. The number of hydrogen-bond acceptors (Lipinski definition) is 8. The zero-order chi connectivity index (χ0) is 25.6. The van der Waals surface area contributed by atoms with Gasteiger partial charge in [-0.15, -0.1) is 0 Å². The molecule has 0 aromatic rings. The number of nitrogens with one attached hydrogen (secondary N) is 3. The smallest absolute Gasteiger partial charge is 0.326 e. The average Bonchev–Trinajstić information content (AvgIpc) is 2.70. The molecule has 0 saturated heterocycles. The molecular formula is C17H29N7O9. The summed E-state index contributed by atoms with van der Waals surface area (Å²) in [5, 5.41) is 33.1. The Hall–Kier alpha value is -3.95. The first-order valence-electron chi connectivity index (χ1n) is 9.68. The van der Waals surface area contributed by atoms with E-state index in [0.29, 0.717) is 0 Å². The number of rotatable bonds is 16. The molecule has 3 amide bonds. The van der Waals surface area contributed by atoms with Gasteiger partial charge in [0, 0.05) is 13.0 Å². The fourth-order valence-corrected chi connectivity index (χ4v) is 2.39. The summed E-state index contributed by atoms with van der Waals surface area (Å²) in [5.41, 5.74) is 15.8. The molecule has 0 aromatic carbocycles. The van der Waals surface area contributed by atoms with Gasteiger partial charge in [-0.1, -0.05) is 0 Å². The fourth-order valence-electron chi connectivity index (χ4n) is 2.39. The quantitative estimate of drug-likeness (QED) is 0.0584. The van der Waals surface area contributed by atoms with Crippen LogP contribution in [-0.2, 0) is 28.8 Å². The van der Waals surface area contributed by atoms with Gasteiger partial charge in [0.05, 0.1) is 19.0 Å². The van der Waals surface area contributed by atoms with Crippen molar-refractivity contribution in [2.24, 2.45) is 22.2 Å². The second kappa shape index (κ2) is 15.0. The average molecular weight is 475 g/mol. The number of carboxylic acids is 3. The SMILES string of the molecule is NC(N)=NCCCC(NC(=O)CNC(=O)C(N)CC(=O)O)C(=O)NC(CCC(=O)O)C(=O)O. The van der Waals surface area contributed by atoms with Gasteiger partial charge in [0.1, 0.15) is 12.1 Å². The third-order valence-corrected chi connectivity index (χ3v) is 4.01. The van der Waals surface area contributed by atoms with Gasteiger partial charge in [-0.2, -0.15) is 0 Å². The minimum atomic E-state index is -1.51. The van der Waals surface area contributed by atoms with Crippen molar-refractivity contribution in [3.63, 3.8) is 0 Å². The lowest BCUT2D eigenvalue weighted by Crippen LogP contribution is -2.53. The van der Waals surface area contributed by atoms with Crippen LogP contribution in [0.5, 0.6) is 0 Å². The highest BCUT2D eigenvalue weighted by atomic mass is 16.4. The Labute approximate surface area is 187 Å². The largest absolute Gasteiger partial charge is 0.481 e. The van der Waals surface area contributed by atoms with Crippen molar-refractivity contribution in [3.8, 4) is 0 Å². The van der Waals surface area contributed by atoms with E-state index in [0.717, 1.165) is 0 Å². The van der Waals surface area contributed by atoms with Crippen molar-refractivity contribution >= 4 is 41.6 Å². The highest BCUT2D eigenvalue weighted by Crippen LogP contribution is 2.03. The van der Waals surface area contributed by atoms with Crippen LogP contribution in [0.2, 0.25) is 0 Å². The molecule has 3 unspecified atom stereocenters. The van der Waals surface area contributed by atoms with Gasteiger partial charge in [0.15, 0.2) is 5.96 Å². The molecule has 0 fully saturated rings. The van der Waals surface area contributed by atoms with Crippen molar-refractivity contribution < 1.29 is 44.1 Å². The lowest BCUT2D eigenvalue weighted by atomic mass is 10.1. The number of carbonyl (C=O) groups is 6. The van der Waals surface area contributed by atoms with Crippen molar-refractivity contribution in [2.45, 2.75) is 50.2 Å². The summed E-state index contributed by atoms with van der Waals surface area (Å²) in [6, 6.07) is -4.16. The number of amides is 3. The first kappa shape index (κ1) is 29.0. The van der Waals surface area contributed by atoms with Crippen LogP contribution in [-0.4, -0.2) is 88.1 Å². The van der Waals surface area contributed by atoms with Crippen LogP contribution >= 0.6 is 0 Å². The van der Waals surface area contributed by atoms with Crippen molar-refractivity contribution in [2.75, 3.05) is 13.1 Å². The van der Waals surface area contributed by atoms with Crippen molar-refractivity contribution in [3.05, 3.63) is 0 Å². The molecule has 33 heavy (non-hydrogen) atoms. The molecule has 0 spiro atoms. The molecule has 0 aliphatic rings. The predicted octanol–water partition coefficient (Wildman–Crippen LogP) is -4.12. The van der Waals surface area contributed by atoms with Crippen LogP contribution in [0, 0.1) is 0 Å². The summed E-state index contributed by atoms with van der Waals surface area (Å²) in [5.74, 6) is -6.87. The van der Waals surface area contributed by atoms with E-state index >= 15 is 0 Å². The molecule has 0 saturated carbocycles. The van der Waals surface area contributed by atoms with Gasteiger partial charge >= 0.3 is 17.9 Å². The topological polar surface area (TPSA) is 290 Å². The Balaban J connectivity index is 5.10. The molecular weight excluding hydrogens is 446 g/mol. The number of aliphatic imine (C=N–C) groups is 1. The molecule has 0 radical (unpaired) electrons. The van der Waals surface area contributed by atoms with Gasteiger partial charge in [-0.25, -0.2) is 4.79 Å². The van der Waals surface area contributed by atoms with E-state index in [4.69, 9.17) is 27.4 Å². The number of nitrogens with two attached hydrogens (primary N) is 3. The molecule has 0 rings (SSSR count). The van der Waals surface area contributed by atoms with Gasteiger partial charge in [-0.05, 0) is 19.3 Å². The minimum Gasteiger partial charge on any atom is -0.481 e. The monoisotopic (exact) mass is 475 g/mol. The number of carboxylic acid groups (broad SMARTS) is 3. The van der Waals surface area contributed by atoms with Crippen LogP contribution in [0.15, 0.2) is 4.99 Å². The highest BCUT2D eigenvalue weighted by molar-refractivity contribution is 5.93. The van der Waals surface area contributed by atoms with Crippen LogP contribution in [0.25, 0.3) is 0 Å². The molecule has 0 aliphatic heterocycles. The highest BCUT2D eigenvalue weighted by Gasteiger charge is 2.27. The molecule has 0 heterocycles. The summed E-state index contributed by atoms with van der Waals surface area (Å²) in [4.78, 5) is 72.7. The molecule has 16 heteroatoms. The van der Waals surface area contributed by atoms with Crippen LogP contribution in [0.4, 0.5) is 0 Å². The Morgan fingerprint density at radius 1 is 0.848 bits per heavy atom. The van der Waals surface area contributed by atoms with Gasteiger partial charge in [0.25, 0.3) is 0 Å². The van der Waals surface area contributed by atoms with E-state index in [1.165, 1.54) is 0 Å². The van der Waals surface area contributed by atoms with Gasteiger partial charge in [-0.3, -0.25) is 29.0 Å². The minimum absolute atomic E-state index is 0.0217. The third-order valence-electron chi connectivity index (χ3n) is 4.01. The summed E-state index contributed by atoms with van der Waals surface area (Å²) in [7, 11) is 0. The molecule has 0 bridgehead atoms. The molecule has 186 valence electrons. The van der Waals surface area contributed by atoms with E-state index in [9.17, 15) is 33.9 Å². The maximum Gasteiger partial charge on any atom is 0.326 e. The number of hydrogen-bond donors (Lipinski definition) is 9. The fraction of sp³-hybridized carbons (Fsp3) is 0.588. The van der Waals surface area contributed by atoms with Crippen LogP contribution in [0.3, 0.4) is 0 Å². The number of nitrogens with zero attached hydrogens (tertiary/aromatic N) is 1. The van der Waals surface area contributed by atoms with E-state index in [-0.39, 0.29) is 31.8 Å². The summed E-state index contributed by atoms with van der Waals surface area (Å²) in [6.45, 7) is -0.532. The molecule has 0 aliphatic carbocycles. The Bertz CT molecular complexity index is 768. The first-order chi connectivity index (χ1) is 15.3. The second-order valence-corrected chi connectivity index (χ2v) is 6.82. The van der Waals surface area contributed by atoms with E-state index in [1.807, 2.05) is 0 Å². The summed E-state index contributed by atoms with van der Waals surface area (Å²) >= 11 is 0. The molecule has 12 N–H and O–H groups in total. The van der Waals surface area contributed by atoms with Crippen LogP contribution in [0.1, 0.15) is 32.1 Å². The van der Waals surface area contributed by atoms with Crippen molar-refractivity contribution in [1.82, 2.24) is 16.0 Å². The Kier molecular flexibility index (Phi) is 13.2. The summed E-state index contributed by atoms with van der Waals surface area (Å²) in [6.07, 6.45) is -1.37. The Morgan fingerprint density at radius 3 is 2.00 bits per heavy atom. The maximum absolute atomic E-state index is 12.5. The number of aliphatic carboxylic acids is 3. The molecule has 3 atom stereocenters.